The van der Waals surface area contributed by atoms with E-state index in [4.69, 9.17) is 18.7 Å². The first-order chi connectivity index (χ1) is 13.7. The van der Waals surface area contributed by atoms with Crippen molar-refractivity contribution in [1.29, 1.82) is 0 Å². The second-order valence-corrected chi connectivity index (χ2v) is 6.51. The Kier molecular flexibility index (Phi) is 7.17. The number of aromatic nitrogens is 1. The van der Waals surface area contributed by atoms with Crippen LogP contribution in [0.4, 0.5) is 5.82 Å². The van der Waals surface area contributed by atoms with Gasteiger partial charge in [-0.2, -0.15) is 0 Å². The quantitative estimate of drug-likeness (QED) is 0.539. The third kappa shape index (κ3) is 4.97. The number of hydrogen-bond acceptors (Lipinski definition) is 7. The third-order valence-electron chi connectivity index (χ3n) is 4.73. The molecule has 7 heteroatoms. The highest BCUT2D eigenvalue weighted by Gasteiger charge is 2.15. The van der Waals surface area contributed by atoms with Crippen LogP contribution in [0.5, 0.6) is 11.5 Å². The molecule has 0 aliphatic carbocycles. The minimum atomic E-state index is 0.643. The van der Waals surface area contributed by atoms with E-state index in [1.54, 1.807) is 7.11 Å². The first-order valence-corrected chi connectivity index (χ1v) is 9.94. The Morgan fingerprint density at radius 3 is 2.71 bits per heavy atom. The van der Waals surface area contributed by atoms with Crippen molar-refractivity contribution in [2.24, 2.45) is 4.99 Å². The number of nitrogens with zero attached hydrogens (tertiary/aromatic N) is 3. The van der Waals surface area contributed by atoms with Crippen molar-refractivity contribution in [3.63, 3.8) is 0 Å². The van der Waals surface area contributed by atoms with Crippen molar-refractivity contribution >= 4 is 11.7 Å². The zero-order valence-corrected chi connectivity index (χ0v) is 16.9. The molecule has 2 aromatic rings. The van der Waals surface area contributed by atoms with E-state index in [9.17, 15) is 0 Å². The molecule has 1 aliphatic heterocycles. The van der Waals surface area contributed by atoms with Gasteiger partial charge in [0.15, 0.2) is 17.5 Å². The Morgan fingerprint density at radius 1 is 1.14 bits per heavy atom. The summed E-state index contributed by atoms with van der Waals surface area (Å²) in [6, 6.07) is 7.71. The molecule has 28 heavy (non-hydrogen) atoms. The molecule has 0 amide bonds. The lowest BCUT2D eigenvalue weighted by Gasteiger charge is -2.15. The standard InChI is InChI=1S/C21H29N3O4/c1-4-24(5-2)20-15-19(28-23-20)17-10-9-16(14-18(17)25-3)26-12-7-6-8-21-22-11-13-27-21/h9-10,14-15H,4-8,11-13H2,1-3H3. The fourth-order valence-electron chi connectivity index (χ4n) is 3.15. The highest BCUT2D eigenvalue weighted by Crippen LogP contribution is 2.35. The molecule has 0 atom stereocenters. The molecular formula is C21H29N3O4. The maximum atomic E-state index is 5.87. The lowest BCUT2D eigenvalue weighted by Crippen LogP contribution is -2.21. The SMILES string of the molecule is CCN(CC)c1cc(-c2ccc(OCCCCC3=NCCO3)cc2OC)on1. The van der Waals surface area contributed by atoms with Crippen molar-refractivity contribution < 1.29 is 18.7 Å². The number of anilines is 1. The normalized spacial score (nSPS) is 13.2. The summed E-state index contributed by atoms with van der Waals surface area (Å²) in [6.45, 7) is 8.11. The average molecular weight is 387 g/mol. The zero-order valence-electron chi connectivity index (χ0n) is 16.9. The molecule has 0 saturated heterocycles. The first kappa shape index (κ1) is 20.0. The van der Waals surface area contributed by atoms with E-state index in [0.29, 0.717) is 18.1 Å². The summed E-state index contributed by atoms with van der Waals surface area (Å²) in [4.78, 5) is 6.43. The van der Waals surface area contributed by atoms with E-state index in [2.05, 4.69) is 28.9 Å². The first-order valence-electron chi connectivity index (χ1n) is 9.94. The van der Waals surface area contributed by atoms with Crippen LogP contribution < -0.4 is 14.4 Å². The molecule has 0 N–H and O–H groups in total. The van der Waals surface area contributed by atoms with Gasteiger partial charge < -0.3 is 23.6 Å². The molecule has 0 unspecified atom stereocenters. The molecule has 3 rings (SSSR count). The van der Waals surface area contributed by atoms with E-state index in [1.807, 2.05) is 24.3 Å². The van der Waals surface area contributed by atoms with Gasteiger partial charge in [-0.3, -0.25) is 4.99 Å². The Hall–Kier alpha value is -2.70. The number of aliphatic imine (C=N–C) groups is 1. The van der Waals surface area contributed by atoms with Gasteiger partial charge in [0.05, 0.1) is 25.8 Å². The van der Waals surface area contributed by atoms with E-state index in [1.165, 1.54) is 0 Å². The summed E-state index contributed by atoms with van der Waals surface area (Å²) in [6.07, 6.45) is 2.83. The summed E-state index contributed by atoms with van der Waals surface area (Å²) in [5.74, 6) is 3.87. The number of methoxy groups -OCH3 is 1. The summed E-state index contributed by atoms with van der Waals surface area (Å²) in [5, 5.41) is 4.18. The van der Waals surface area contributed by atoms with Crippen LogP contribution in [0, 0.1) is 0 Å². The van der Waals surface area contributed by atoms with Crippen molar-refractivity contribution in [3.8, 4) is 22.8 Å². The minimum absolute atomic E-state index is 0.643. The van der Waals surface area contributed by atoms with E-state index < -0.39 is 0 Å². The minimum Gasteiger partial charge on any atom is -0.496 e. The lowest BCUT2D eigenvalue weighted by molar-refractivity contribution is 0.300. The van der Waals surface area contributed by atoms with Crippen LogP contribution in [-0.4, -0.2) is 51.0 Å². The van der Waals surface area contributed by atoms with Gasteiger partial charge in [0.25, 0.3) is 0 Å². The van der Waals surface area contributed by atoms with E-state index in [-0.39, 0.29) is 0 Å². The maximum absolute atomic E-state index is 5.87. The fraction of sp³-hybridized carbons (Fsp3) is 0.524. The van der Waals surface area contributed by atoms with Gasteiger partial charge >= 0.3 is 0 Å². The van der Waals surface area contributed by atoms with Gasteiger partial charge in [0.2, 0.25) is 0 Å². The smallest absolute Gasteiger partial charge is 0.183 e. The second-order valence-electron chi connectivity index (χ2n) is 6.51. The second kappa shape index (κ2) is 10.0. The van der Waals surface area contributed by atoms with Crippen LogP contribution in [0.3, 0.4) is 0 Å². The molecule has 0 saturated carbocycles. The largest absolute Gasteiger partial charge is 0.496 e. The summed E-state index contributed by atoms with van der Waals surface area (Å²) < 4.78 is 22.4. The molecule has 7 nitrogen and oxygen atoms in total. The number of ether oxygens (including phenoxy) is 3. The van der Waals surface area contributed by atoms with E-state index >= 15 is 0 Å². The van der Waals surface area contributed by atoms with Gasteiger partial charge in [-0.05, 0) is 38.8 Å². The van der Waals surface area contributed by atoms with Crippen LogP contribution in [0.25, 0.3) is 11.3 Å². The zero-order chi connectivity index (χ0) is 19.8. The molecule has 1 aromatic heterocycles. The third-order valence-corrected chi connectivity index (χ3v) is 4.73. The summed E-state index contributed by atoms with van der Waals surface area (Å²) in [5.41, 5.74) is 0.858. The van der Waals surface area contributed by atoms with Crippen molar-refractivity contribution in [1.82, 2.24) is 5.16 Å². The predicted octanol–water partition coefficient (Wildman–Crippen LogP) is 4.17. The summed E-state index contributed by atoms with van der Waals surface area (Å²) in [7, 11) is 1.65. The molecule has 0 bridgehead atoms. The van der Waals surface area contributed by atoms with Crippen LogP contribution in [0.2, 0.25) is 0 Å². The molecule has 0 radical (unpaired) electrons. The molecular weight excluding hydrogens is 358 g/mol. The Morgan fingerprint density at radius 2 is 2.00 bits per heavy atom. The van der Waals surface area contributed by atoms with Gasteiger partial charge in [-0.25, -0.2) is 0 Å². The summed E-state index contributed by atoms with van der Waals surface area (Å²) >= 11 is 0. The van der Waals surface area contributed by atoms with Crippen molar-refractivity contribution in [2.75, 3.05) is 44.9 Å². The van der Waals surface area contributed by atoms with Crippen molar-refractivity contribution in [2.45, 2.75) is 33.1 Å². The predicted molar refractivity (Wildman–Crippen MR) is 110 cm³/mol. The number of rotatable bonds is 11. The molecule has 1 aliphatic rings. The fourth-order valence-corrected chi connectivity index (χ4v) is 3.15. The topological polar surface area (TPSA) is 69.3 Å². The highest BCUT2D eigenvalue weighted by atomic mass is 16.5. The number of benzene rings is 1. The molecule has 0 spiro atoms. The number of unbranched alkanes of at least 4 members (excludes halogenated alkanes) is 1. The van der Waals surface area contributed by atoms with Gasteiger partial charge in [-0.1, -0.05) is 5.16 Å². The molecule has 1 aromatic carbocycles. The highest BCUT2D eigenvalue weighted by molar-refractivity contribution is 5.77. The van der Waals surface area contributed by atoms with Crippen LogP contribution in [-0.2, 0) is 4.74 Å². The maximum Gasteiger partial charge on any atom is 0.183 e. The van der Waals surface area contributed by atoms with Gasteiger partial charge in [0, 0.05) is 31.6 Å². The Labute approximate surface area is 166 Å². The van der Waals surface area contributed by atoms with E-state index in [0.717, 1.165) is 68.5 Å². The van der Waals surface area contributed by atoms with Gasteiger partial charge in [-0.15, -0.1) is 0 Å². The van der Waals surface area contributed by atoms with Crippen molar-refractivity contribution in [3.05, 3.63) is 24.3 Å². The van der Waals surface area contributed by atoms with Crippen LogP contribution in [0.15, 0.2) is 33.8 Å². The molecule has 152 valence electrons. The van der Waals surface area contributed by atoms with Gasteiger partial charge in [0.1, 0.15) is 18.1 Å². The molecule has 2 heterocycles. The van der Waals surface area contributed by atoms with Crippen LogP contribution >= 0.6 is 0 Å². The number of hydrogen-bond donors (Lipinski definition) is 0. The molecule has 0 fully saturated rings. The Balaban J connectivity index is 1.57. The average Bonchev–Trinajstić information content (AvgIpc) is 3.41. The monoisotopic (exact) mass is 387 g/mol. The Bertz CT molecular complexity index is 784. The van der Waals surface area contributed by atoms with Crippen LogP contribution in [0.1, 0.15) is 33.1 Å². The lowest BCUT2D eigenvalue weighted by atomic mass is 10.1.